The van der Waals surface area contributed by atoms with E-state index in [1.165, 1.54) is 12.1 Å². The molecule has 0 aliphatic heterocycles. The zero-order valence-corrected chi connectivity index (χ0v) is 13.2. The fraction of sp³-hybridized carbons (Fsp3) is 0.625. The number of hydrogen-bond donors (Lipinski definition) is 1. The summed E-state index contributed by atoms with van der Waals surface area (Å²) in [4.78, 5) is 0. The highest BCUT2D eigenvalue weighted by Crippen LogP contribution is 2.13. The molecule has 1 N–H and O–H groups in total. The molecule has 0 saturated carbocycles. The van der Waals surface area contributed by atoms with Crippen LogP contribution < -0.4 is 4.74 Å². The third kappa shape index (κ3) is 8.29. The first-order valence-electron chi connectivity index (χ1n) is 7.41. The van der Waals surface area contributed by atoms with Crippen molar-refractivity contribution in [2.75, 3.05) is 27.1 Å². The third-order valence-electron chi connectivity index (χ3n) is 3.12. The van der Waals surface area contributed by atoms with Crippen molar-refractivity contribution in [3.8, 4) is 5.75 Å². The Kier molecular flexibility index (Phi) is 9.74. The number of aliphatic hydroxyl groups is 1. The largest absolute Gasteiger partial charge is 0.491 e. The van der Waals surface area contributed by atoms with Gasteiger partial charge in [-0.25, -0.2) is 4.39 Å². The van der Waals surface area contributed by atoms with E-state index >= 15 is 0 Å². The topological polar surface area (TPSA) is 57.2 Å². The fourth-order valence-corrected chi connectivity index (χ4v) is 1.72. The van der Waals surface area contributed by atoms with Crippen molar-refractivity contribution in [3.63, 3.8) is 0 Å². The molecule has 0 aliphatic rings. The minimum atomic E-state index is -0.337. The number of methoxy groups -OCH3 is 1. The summed E-state index contributed by atoms with van der Waals surface area (Å²) in [6.07, 6.45) is 1.78. The first-order chi connectivity index (χ1) is 10.7. The molecule has 0 aromatic heterocycles. The molecule has 0 spiro atoms. The van der Waals surface area contributed by atoms with Crippen LogP contribution in [0.25, 0.3) is 0 Å². The normalized spacial score (nSPS) is 13.8. The van der Waals surface area contributed by atoms with Crippen LogP contribution in [0.1, 0.15) is 26.2 Å². The van der Waals surface area contributed by atoms with E-state index < -0.39 is 0 Å². The Morgan fingerprint density at radius 1 is 1.14 bits per heavy atom. The third-order valence-corrected chi connectivity index (χ3v) is 3.12. The van der Waals surface area contributed by atoms with E-state index in [0.29, 0.717) is 18.8 Å². The van der Waals surface area contributed by atoms with E-state index in [2.05, 4.69) is 0 Å². The molecule has 0 saturated heterocycles. The zero-order chi connectivity index (χ0) is 16.2. The molecular weight excluding hydrogens is 291 g/mol. The maximum Gasteiger partial charge on any atom is 0.157 e. The number of ether oxygens (including phenoxy) is 4. The van der Waals surface area contributed by atoms with Crippen molar-refractivity contribution in [2.24, 2.45) is 0 Å². The average Bonchev–Trinajstić information content (AvgIpc) is 2.53. The molecule has 1 rings (SSSR count). The fourth-order valence-electron chi connectivity index (χ4n) is 1.72. The Morgan fingerprint density at radius 3 is 2.50 bits per heavy atom. The van der Waals surface area contributed by atoms with Gasteiger partial charge in [-0.05, 0) is 50.5 Å². The van der Waals surface area contributed by atoms with Crippen molar-refractivity contribution >= 4 is 0 Å². The highest BCUT2D eigenvalue weighted by Gasteiger charge is 2.11. The second-order valence-electron chi connectivity index (χ2n) is 4.86. The van der Waals surface area contributed by atoms with Crippen LogP contribution >= 0.6 is 0 Å². The van der Waals surface area contributed by atoms with Crippen molar-refractivity contribution in [2.45, 2.75) is 38.6 Å². The minimum Gasteiger partial charge on any atom is -0.491 e. The van der Waals surface area contributed by atoms with Crippen molar-refractivity contribution < 1.29 is 28.4 Å². The summed E-state index contributed by atoms with van der Waals surface area (Å²) in [5.74, 6) is 0.286. The molecule has 0 radical (unpaired) electrons. The Bertz CT molecular complexity index is 385. The van der Waals surface area contributed by atoms with E-state index in [4.69, 9.17) is 24.1 Å². The maximum atomic E-state index is 12.8. The lowest BCUT2D eigenvalue weighted by atomic mass is 10.1. The molecule has 2 unspecified atom stereocenters. The van der Waals surface area contributed by atoms with Crippen LogP contribution in [-0.4, -0.2) is 44.6 Å². The van der Waals surface area contributed by atoms with Crippen molar-refractivity contribution in [1.29, 1.82) is 0 Å². The Balaban J connectivity index is 2.37. The standard InChI is InChI=1S/C16H25FO5/c1-13(19-2)21-12-22-16(5-3-4-10-18)11-20-15-8-6-14(17)7-9-15/h6-9,13,16,18H,3-5,10-12H2,1-2H3. The summed E-state index contributed by atoms with van der Waals surface area (Å²) in [5, 5.41) is 8.85. The molecule has 5 nitrogen and oxygen atoms in total. The van der Waals surface area contributed by atoms with Crippen LogP contribution in [0.3, 0.4) is 0 Å². The lowest BCUT2D eigenvalue weighted by molar-refractivity contribution is -0.191. The van der Waals surface area contributed by atoms with E-state index in [1.54, 1.807) is 26.2 Å². The first-order valence-corrected chi connectivity index (χ1v) is 7.41. The van der Waals surface area contributed by atoms with Gasteiger partial charge in [-0.3, -0.25) is 0 Å². The molecule has 126 valence electrons. The second kappa shape index (κ2) is 11.4. The monoisotopic (exact) mass is 316 g/mol. The second-order valence-corrected chi connectivity index (χ2v) is 4.86. The molecule has 22 heavy (non-hydrogen) atoms. The Hall–Kier alpha value is -1.21. The highest BCUT2D eigenvalue weighted by molar-refractivity contribution is 5.22. The quantitative estimate of drug-likeness (QED) is 0.475. The van der Waals surface area contributed by atoms with Gasteiger partial charge in [0.15, 0.2) is 6.29 Å². The van der Waals surface area contributed by atoms with Gasteiger partial charge in [0.1, 0.15) is 25.0 Å². The van der Waals surface area contributed by atoms with Crippen molar-refractivity contribution in [1.82, 2.24) is 0 Å². The molecule has 0 heterocycles. The van der Waals surface area contributed by atoms with Gasteiger partial charge in [-0.15, -0.1) is 0 Å². The number of unbranched alkanes of at least 4 members (excludes halogenated alkanes) is 1. The van der Waals surface area contributed by atoms with E-state index in [0.717, 1.165) is 12.8 Å². The van der Waals surface area contributed by atoms with Crippen LogP contribution in [0.5, 0.6) is 5.75 Å². The summed E-state index contributed by atoms with van der Waals surface area (Å²) in [5.41, 5.74) is 0. The molecule has 2 atom stereocenters. The molecule has 0 fully saturated rings. The van der Waals surface area contributed by atoms with E-state index in [9.17, 15) is 4.39 Å². The summed E-state index contributed by atoms with van der Waals surface area (Å²) in [7, 11) is 1.56. The van der Waals surface area contributed by atoms with Gasteiger partial charge in [0.2, 0.25) is 0 Å². The lowest BCUT2D eigenvalue weighted by Gasteiger charge is -2.20. The predicted octanol–water partition coefficient (Wildman–Crippen LogP) is 2.72. The molecule has 0 amide bonds. The van der Waals surface area contributed by atoms with Gasteiger partial charge in [0.05, 0.1) is 6.10 Å². The lowest BCUT2D eigenvalue weighted by Crippen LogP contribution is -2.25. The van der Waals surface area contributed by atoms with Crippen LogP contribution in [0.15, 0.2) is 24.3 Å². The zero-order valence-electron chi connectivity index (χ0n) is 13.2. The molecule has 0 bridgehead atoms. The number of benzene rings is 1. The number of rotatable bonds is 12. The average molecular weight is 316 g/mol. The van der Waals surface area contributed by atoms with Gasteiger partial charge < -0.3 is 24.1 Å². The number of halogens is 1. The highest BCUT2D eigenvalue weighted by atomic mass is 19.1. The van der Waals surface area contributed by atoms with E-state index in [1.807, 2.05) is 0 Å². The SMILES string of the molecule is COC(C)OCOC(CCCCO)COc1ccc(F)cc1. The summed E-state index contributed by atoms with van der Waals surface area (Å²) >= 11 is 0. The van der Waals surface area contributed by atoms with Crippen LogP contribution in [0.2, 0.25) is 0 Å². The molecule has 1 aromatic rings. The minimum absolute atomic E-state index is 0.103. The molecule has 0 aliphatic carbocycles. The predicted molar refractivity (Wildman–Crippen MR) is 80.1 cm³/mol. The Labute approximate surface area is 130 Å². The molecule has 6 heteroatoms. The van der Waals surface area contributed by atoms with Gasteiger partial charge in [-0.2, -0.15) is 0 Å². The van der Waals surface area contributed by atoms with Crippen LogP contribution in [0, 0.1) is 5.82 Å². The van der Waals surface area contributed by atoms with Crippen LogP contribution in [0.4, 0.5) is 4.39 Å². The van der Waals surface area contributed by atoms with Gasteiger partial charge in [0.25, 0.3) is 0 Å². The van der Waals surface area contributed by atoms with Gasteiger partial charge in [-0.1, -0.05) is 0 Å². The smallest absolute Gasteiger partial charge is 0.157 e. The number of aliphatic hydroxyl groups excluding tert-OH is 1. The van der Waals surface area contributed by atoms with Gasteiger partial charge >= 0.3 is 0 Å². The van der Waals surface area contributed by atoms with Crippen LogP contribution in [-0.2, 0) is 14.2 Å². The summed E-state index contributed by atoms with van der Waals surface area (Å²) in [6, 6.07) is 5.84. The van der Waals surface area contributed by atoms with Crippen molar-refractivity contribution in [3.05, 3.63) is 30.1 Å². The summed E-state index contributed by atoms with van der Waals surface area (Å²) < 4.78 is 34.3. The Morgan fingerprint density at radius 2 is 1.86 bits per heavy atom. The van der Waals surface area contributed by atoms with E-state index in [-0.39, 0.29) is 31.6 Å². The summed E-state index contributed by atoms with van der Waals surface area (Å²) in [6.45, 7) is 2.37. The number of hydrogen-bond acceptors (Lipinski definition) is 5. The molecular formula is C16H25FO5. The van der Waals surface area contributed by atoms with Gasteiger partial charge in [0, 0.05) is 13.7 Å². The first kappa shape index (κ1) is 18.8. The maximum absolute atomic E-state index is 12.8. The molecule has 1 aromatic carbocycles.